The summed E-state index contributed by atoms with van der Waals surface area (Å²) in [5.74, 6) is -1.68. The summed E-state index contributed by atoms with van der Waals surface area (Å²) in [5, 5.41) is 2.79. The fraction of sp³-hybridized carbons (Fsp3) is 0.400. The first-order valence-electron chi connectivity index (χ1n) is 11.3. The van der Waals surface area contributed by atoms with E-state index in [1.54, 1.807) is 13.0 Å². The average molecular weight is 506 g/mol. The van der Waals surface area contributed by atoms with Crippen molar-refractivity contribution >= 4 is 33.3 Å². The van der Waals surface area contributed by atoms with Crippen LogP contribution in [0.4, 0.5) is 10.1 Å². The summed E-state index contributed by atoms with van der Waals surface area (Å²) in [6.07, 6.45) is 2.63. The van der Waals surface area contributed by atoms with Gasteiger partial charge in [0, 0.05) is 18.7 Å². The maximum Gasteiger partial charge on any atom is 0.244 e. The molecule has 35 heavy (non-hydrogen) atoms. The highest BCUT2D eigenvalue weighted by molar-refractivity contribution is 7.92. The summed E-state index contributed by atoms with van der Waals surface area (Å²) in [7, 11) is -3.91. The van der Waals surface area contributed by atoms with Gasteiger partial charge in [0.15, 0.2) is 5.78 Å². The third-order valence-electron chi connectivity index (χ3n) is 5.48. The van der Waals surface area contributed by atoms with Crippen molar-refractivity contribution in [3.8, 4) is 0 Å². The van der Waals surface area contributed by atoms with Gasteiger partial charge in [0.1, 0.15) is 18.4 Å². The molecule has 0 bridgehead atoms. The molecule has 0 aromatic heterocycles. The summed E-state index contributed by atoms with van der Waals surface area (Å²) in [6, 6.07) is 10.6. The Bertz CT molecular complexity index is 1150. The van der Waals surface area contributed by atoms with Crippen LogP contribution in [-0.4, -0.2) is 56.3 Å². The highest BCUT2D eigenvalue weighted by Gasteiger charge is 2.30. The third-order valence-corrected chi connectivity index (χ3v) is 6.62. The van der Waals surface area contributed by atoms with Crippen molar-refractivity contribution in [2.45, 2.75) is 46.2 Å². The topological polar surface area (TPSA) is 104 Å². The standard InChI is InChI=1S/C25H32FN3O5S/c1-5-6-14-27-25(32)18(2)28(16-20-10-12-22(26)13-11-20)24(31)17-29(35(4,33)34)23-9-7-8-21(15-23)19(3)30/h7-13,15,18H,5-6,14,16-17H2,1-4H3,(H,27,32)/t18-/m1/s1. The number of sulfonamides is 1. The lowest BCUT2D eigenvalue weighted by Gasteiger charge is -2.31. The van der Waals surface area contributed by atoms with Crippen molar-refractivity contribution in [1.29, 1.82) is 0 Å². The van der Waals surface area contributed by atoms with Gasteiger partial charge in [0.05, 0.1) is 11.9 Å². The lowest BCUT2D eigenvalue weighted by atomic mass is 10.1. The number of carbonyl (C=O) groups is 3. The molecule has 0 saturated carbocycles. The Morgan fingerprint density at radius 3 is 2.31 bits per heavy atom. The van der Waals surface area contributed by atoms with Gasteiger partial charge in [0.25, 0.3) is 0 Å². The molecule has 0 unspecified atom stereocenters. The van der Waals surface area contributed by atoms with Crippen LogP contribution in [0.5, 0.6) is 0 Å². The molecule has 2 rings (SSSR count). The minimum atomic E-state index is -3.91. The van der Waals surface area contributed by atoms with Gasteiger partial charge in [-0.25, -0.2) is 12.8 Å². The van der Waals surface area contributed by atoms with E-state index in [-0.39, 0.29) is 23.9 Å². The summed E-state index contributed by atoms with van der Waals surface area (Å²) >= 11 is 0. The Morgan fingerprint density at radius 1 is 1.09 bits per heavy atom. The van der Waals surface area contributed by atoms with Crippen molar-refractivity contribution in [3.63, 3.8) is 0 Å². The molecule has 1 atom stereocenters. The number of carbonyl (C=O) groups excluding carboxylic acids is 3. The molecule has 2 aromatic rings. The second kappa shape index (κ2) is 12.4. The Balaban J connectivity index is 2.38. The van der Waals surface area contributed by atoms with Crippen LogP contribution in [-0.2, 0) is 26.2 Å². The second-order valence-electron chi connectivity index (χ2n) is 8.34. The van der Waals surface area contributed by atoms with Crippen LogP contribution in [0.3, 0.4) is 0 Å². The molecule has 0 aliphatic heterocycles. The Hall–Kier alpha value is -3.27. The first kappa shape index (κ1) is 28.0. The van der Waals surface area contributed by atoms with Crippen LogP contribution in [0.25, 0.3) is 0 Å². The van der Waals surface area contributed by atoms with Crippen LogP contribution in [0.1, 0.15) is 49.5 Å². The van der Waals surface area contributed by atoms with Gasteiger partial charge in [-0.1, -0.05) is 37.6 Å². The molecular formula is C25H32FN3O5S. The molecule has 0 saturated heterocycles. The third kappa shape index (κ3) is 8.17. The van der Waals surface area contributed by atoms with E-state index < -0.39 is 34.3 Å². The van der Waals surface area contributed by atoms with E-state index >= 15 is 0 Å². The quantitative estimate of drug-likeness (QED) is 0.353. The number of amides is 2. The van der Waals surface area contributed by atoms with Crippen molar-refractivity contribution in [1.82, 2.24) is 10.2 Å². The zero-order valence-electron chi connectivity index (χ0n) is 20.5. The number of hydrogen-bond donors (Lipinski definition) is 1. The fourth-order valence-corrected chi connectivity index (χ4v) is 4.24. The van der Waals surface area contributed by atoms with Crippen LogP contribution >= 0.6 is 0 Å². The lowest BCUT2D eigenvalue weighted by molar-refractivity contribution is -0.139. The predicted octanol–water partition coefficient (Wildman–Crippen LogP) is 3.13. The molecule has 190 valence electrons. The number of benzene rings is 2. The summed E-state index contributed by atoms with van der Waals surface area (Å²) in [5.41, 5.74) is 1.04. The molecule has 0 spiro atoms. The van der Waals surface area contributed by atoms with Gasteiger partial charge in [0.2, 0.25) is 21.8 Å². The summed E-state index contributed by atoms with van der Waals surface area (Å²) in [6.45, 7) is 4.76. The average Bonchev–Trinajstić information content (AvgIpc) is 2.81. The molecule has 0 fully saturated rings. The number of nitrogens with one attached hydrogen (secondary N) is 1. The fourth-order valence-electron chi connectivity index (χ4n) is 3.40. The molecule has 0 heterocycles. The van der Waals surface area contributed by atoms with E-state index in [0.29, 0.717) is 17.7 Å². The minimum absolute atomic E-state index is 0.0213. The molecule has 2 aromatic carbocycles. The lowest BCUT2D eigenvalue weighted by Crippen LogP contribution is -2.51. The molecule has 0 aliphatic rings. The molecular weight excluding hydrogens is 473 g/mol. The zero-order valence-corrected chi connectivity index (χ0v) is 21.3. The van der Waals surface area contributed by atoms with Crippen LogP contribution in [0, 0.1) is 5.82 Å². The molecule has 8 nitrogen and oxygen atoms in total. The zero-order chi connectivity index (χ0) is 26.2. The van der Waals surface area contributed by atoms with Crippen LogP contribution in [0.15, 0.2) is 48.5 Å². The van der Waals surface area contributed by atoms with E-state index in [2.05, 4.69) is 5.32 Å². The number of unbranched alkanes of at least 4 members (excludes halogenated alkanes) is 1. The van der Waals surface area contributed by atoms with E-state index in [4.69, 9.17) is 0 Å². The predicted molar refractivity (Wildman–Crippen MR) is 133 cm³/mol. The number of nitrogens with zero attached hydrogens (tertiary/aromatic N) is 2. The van der Waals surface area contributed by atoms with Gasteiger partial charge < -0.3 is 10.2 Å². The van der Waals surface area contributed by atoms with E-state index in [9.17, 15) is 27.2 Å². The highest BCUT2D eigenvalue weighted by Crippen LogP contribution is 2.21. The normalized spacial score (nSPS) is 12.0. The maximum atomic E-state index is 13.4. The first-order valence-corrected chi connectivity index (χ1v) is 13.2. The SMILES string of the molecule is CCCCNC(=O)[C@@H](C)N(Cc1ccc(F)cc1)C(=O)CN(c1cccc(C(C)=O)c1)S(C)(=O)=O. The Kier molecular flexibility index (Phi) is 9.94. The van der Waals surface area contributed by atoms with Gasteiger partial charge in [-0.15, -0.1) is 0 Å². The van der Waals surface area contributed by atoms with Gasteiger partial charge >= 0.3 is 0 Å². The summed E-state index contributed by atoms with van der Waals surface area (Å²) < 4.78 is 39.5. The van der Waals surface area contributed by atoms with Crippen LogP contribution < -0.4 is 9.62 Å². The Morgan fingerprint density at radius 2 is 1.74 bits per heavy atom. The number of Topliss-reactive ketones (excluding diaryl/α,β-unsaturated/α-hetero) is 1. The number of halogens is 1. The number of anilines is 1. The van der Waals surface area contributed by atoms with Gasteiger partial charge in [-0.2, -0.15) is 0 Å². The second-order valence-corrected chi connectivity index (χ2v) is 10.3. The van der Waals surface area contributed by atoms with Crippen molar-refractivity contribution in [2.24, 2.45) is 0 Å². The Labute approximate surface area is 206 Å². The van der Waals surface area contributed by atoms with E-state index in [0.717, 1.165) is 23.4 Å². The molecule has 1 N–H and O–H groups in total. The molecule has 0 aliphatic carbocycles. The highest BCUT2D eigenvalue weighted by atomic mass is 32.2. The van der Waals surface area contributed by atoms with Crippen molar-refractivity contribution in [2.75, 3.05) is 23.7 Å². The minimum Gasteiger partial charge on any atom is -0.354 e. The number of ketones is 1. The van der Waals surface area contributed by atoms with Gasteiger partial charge in [-0.05, 0) is 50.1 Å². The molecule has 2 amide bonds. The molecule has 0 radical (unpaired) electrons. The maximum absolute atomic E-state index is 13.4. The molecule has 10 heteroatoms. The van der Waals surface area contributed by atoms with Crippen molar-refractivity contribution in [3.05, 3.63) is 65.5 Å². The van der Waals surface area contributed by atoms with Crippen LogP contribution in [0.2, 0.25) is 0 Å². The smallest absolute Gasteiger partial charge is 0.244 e. The van der Waals surface area contributed by atoms with E-state index in [1.807, 2.05) is 6.92 Å². The summed E-state index contributed by atoms with van der Waals surface area (Å²) in [4.78, 5) is 39.2. The largest absolute Gasteiger partial charge is 0.354 e. The van der Waals surface area contributed by atoms with E-state index in [1.165, 1.54) is 54.3 Å². The number of hydrogen-bond acceptors (Lipinski definition) is 5. The number of rotatable bonds is 12. The van der Waals surface area contributed by atoms with Gasteiger partial charge in [-0.3, -0.25) is 18.7 Å². The monoisotopic (exact) mass is 505 g/mol. The van der Waals surface area contributed by atoms with Crippen molar-refractivity contribution < 1.29 is 27.2 Å². The first-order chi connectivity index (χ1) is 16.4.